The van der Waals surface area contributed by atoms with Crippen LogP contribution in [0.5, 0.6) is 11.5 Å². The summed E-state index contributed by atoms with van der Waals surface area (Å²) < 4.78 is 10.5. The zero-order chi connectivity index (χ0) is 18.7. The Labute approximate surface area is 155 Å². The fourth-order valence-corrected chi connectivity index (χ4v) is 3.91. The van der Waals surface area contributed by atoms with Crippen molar-refractivity contribution in [3.8, 4) is 11.5 Å². The highest BCUT2D eigenvalue weighted by molar-refractivity contribution is 7.18. The lowest BCUT2D eigenvalue weighted by atomic mass is 10.2. The van der Waals surface area contributed by atoms with Gasteiger partial charge in [0.05, 0.1) is 25.6 Å². The molecule has 0 atom stereocenters. The second kappa shape index (κ2) is 7.74. The number of methoxy groups -OCH3 is 2. The number of carbonyl (C=O) groups is 2. The number of hydrogen-bond acceptors (Lipinski definition) is 6. The minimum absolute atomic E-state index is 0.0582. The van der Waals surface area contributed by atoms with Crippen LogP contribution in [0.25, 0.3) is 0 Å². The number of hydrogen-bond donors (Lipinski definition) is 1. The van der Waals surface area contributed by atoms with Gasteiger partial charge in [0.15, 0.2) is 5.13 Å². The van der Waals surface area contributed by atoms with Gasteiger partial charge in [-0.15, -0.1) is 0 Å². The fraction of sp³-hybridized carbons (Fsp3) is 0.389. The highest BCUT2D eigenvalue weighted by Crippen LogP contribution is 2.33. The first-order valence-corrected chi connectivity index (χ1v) is 9.22. The highest BCUT2D eigenvalue weighted by atomic mass is 32.1. The van der Waals surface area contributed by atoms with Gasteiger partial charge in [0.25, 0.3) is 5.91 Å². The van der Waals surface area contributed by atoms with Gasteiger partial charge in [0.2, 0.25) is 5.91 Å². The molecule has 3 rings (SSSR count). The first kappa shape index (κ1) is 18.2. The Hall–Kier alpha value is -2.61. The van der Waals surface area contributed by atoms with Crippen LogP contribution >= 0.6 is 11.3 Å². The quantitative estimate of drug-likeness (QED) is 0.839. The zero-order valence-corrected chi connectivity index (χ0v) is 15.8. The summed E-state index contributed by atoms with van der Waals surface area (Å²) in [5.41, 5.74) is 1.20. The van der Waals surface area contributed by atoms with E-state index in [9.17, 15) is 9.59 Å². The lowest BCUT2D eigenvalue weighted by Crippen LogP contribution is -2.23. The molecule has 1 aliphatic rings. The van der Waals surface area contributed by atoms with Gasteiger partial charge in [0.1, 0.15) is 16.4 Å². The van der Waals surface area contributed by atoms with Gasteiger partial charge in [-0.2, -0.15) is 0 Å². The minimum Gasteiger partial charge on any atom is -0.497 e. The van der Waals surface area contributed by atoms with Crippen molar-refractivity contribution in [2.45, 2.75) is 26.2 Å². The molecule has 2 aromatic rings. The summed E-state index contributed by atoms with van der Waals surface area (Å²) in [7, 11) is 3.10. The third kappa shape index (κ3) is 3.50. The van der Waals surface area contributed by atoms with E-state index in [2.05, 4.69) is 10.3 Å². The molecule has 0 unspecified atom stereocenters. The van der Waals surface area contributed by atoms with E-state index in [1.165, 1.54) is 11.3 Å². The first-order chi connectivity index (χ1) is 12.6. The van der Waals surface area contributed by atoms with Crippen molar-refractivity contribution >= 4 is 34.0 Å². The Balaban J connectivity index is 1.88. The number of ether oxygens (including phenoxy) is 2. The van der Waals surface area contributed by atoms with E-state index in [-0.39, 0.29) is 11.8 Å². The maximum absolute atomic E-state index is 12.8. The number of carbonyl (C=O) groups excluding carboxylic acids is 2. The standard InChI is InChI=1S/C18H21N3O4S/c1-4-12-16(26-18(20-12)21-9-5-6-15(21)22)17(23)19-13-10-11(24-2)7-8-14(13)25-3/h7-8,10H,4-6,9H2,1-3H3,(H,19,23). The van der Waals surface area contributed by atoms with Crippen molar-refractivity contribution < 1.29 is 19.1 Å². The van der Waals surface area contributed by atoms with Crippen LogP contribution in [0.3, 0.4) is 0 Å². The number of nitrogens with one attached hydrogen (secondary N) is 1. The van der Waals surface area contributed by atoms with Gasteiger partial charge >= 0.3 is 0 Å². The third-order valence-electron chi connectivity index (χ3n) is 4.19. The van der Waals surface area contributed by atoms with Crippen LogP contribution < -0.4 is 19.7 Å². The summed E-state index contributed by atoms with van der Waals surface area (Å²) in [5, 5.41) is 3.46. The van der Waals surface area contributed by atoms with Crippen LogP contribution in [0.15, 0.2) is 18.2 Å². The predicted octanol–water partition coefficient (Wildman–Crippen LogP) is 3.10. The molecule has 138 valence electrons. The van der Waals surface area contributed by atoms with Crippen molar-refractivity contribution in [3.63, 3.8) is 0 Å². The summed E-state index contributed by atoms with van der Waals surface area (Å²) in [6.07, 6.45) is 1.96. The molecule has 0 radical (unpaired) electrons. The minimum atomic E-state index is -0.274. The Kier molecular flexibility index (Phi) is 5.41. The van der Waals surface area contributed by atoms with E-state index in [0.717, 1.165) is 6.42 Å². The predicted molar refractivity (Wildman–Crippen MR) is 101 cm³/mol. The topological polar surface area (TPSA) is 80.8 Å². The van der Waals surface area contributed by atoms with Gasteiger partial charge < -0.3 is 14.8 Å². The summed E-state index contributed by atoms with van der Waals surface area (Å²) >= 11 is 1.25. The summed E-state index contributed by atoms with van der Waals surface area (Å²) in [6.45, 7) is 2.59. The van der Waals surface area contributed by atoms with Crippen LogP contribution in [-0.4, -0.2) is 37.6 Å². The summed E-state index contributed by atoms with van der Waals surface area (Å²) in [4.78, 5) is 31.5. The van der Waals surface area contributed by atoms with Crippen LogP contribution in [0.4, 0.5) is 10.8 Å². The lowest BCUT2D eigenvalue weighted by Gasteiger charge is -2.11. The molecule has 1 aromatic carbocycles. The molecule has 1 fully saturated rings. The van der Waals surface area contributed by atoms with Gasteiger partial charge in [-0.1, -0.05) is 18.3 Å². The Morgan fingerprint density at radius 1 is 1.35 bits per heavy atom. The molecule has 0 saturated carbocycles. The Morgan fingerprint density at radius 3 is 2.77 bits per heavy atom. The maximum atomic E-state index is 12.8. The lowest BCUT2D eigenvalue weighted by molar-refractivity contribution is -0.117. The smallest absolute Gasteiger partial charge is 0.267 e. The highest BCUT2D eigenvalue weighted by Gasteiger charge is 2.27. The number of aromatic nitrogens is 1. The van der Waals surface area contributed by atoms with Crippen LogP contribution in [0.1, 0.15) is 35.1 Å². The monoisotopic (exact) mass is 375 g/mol. The normalized spacial score (nSPS) is 13.8. The average molecular weight is 375 g/mol. The van der Waals surface area contributed by atoms with Gasteiger partial charge in [-0.3, -0.25) is 14.5 Å². The van der Waals surface area contributed by atoms with Crippen LogP contribution in [0, 0.1) is 0 Å². The molecule has 0 spiro atoms. The van der Waals surface area contributed by atoms with E-state index in [1.807, 2.05) is 6.92 Å². The van der Waals surface area contributed by atoms with E-state index < -0.39 is 0 Å². The summed E-state index contributed by atoms with van der Waals surface area (Å²) in [6, 6.07) is 5.19. The molecule has 0 aliphatic carbocycles. The number of anilines is 2. The van der Waals surface area contributed by atoms with E-state index in [1.54, 1.807) is 37.3 Å². The second-order valence-electron chi connectivity index (χ2n) is 5.80. The molecule has 26 heavy (non-hydrogen) atoms. The number of amides is 2. The zero-order valence-electron chi connectivity index (χ0n) is 15.0. The largest absolute Gasteiger partial charge is 0.497 e. The van der Waals surface area contributed by atoms with Crippen LogP contribution in [0.2, 0.25) is 0 Å². The number of nitrogens with zero attached hydrogens (tertiary/aromatic N) is 2. The average Bonchev–Trinajstić information content (AvgIpc) is 3.27. The van der Waals surface area contributed by atoms with Gasteiger partial charge in [-0.05, 0) is 25.0 Å². The molecule has 1 aromatic heterocycles. The number of rotatable bonds is 6. The molecule has 8 heteroatoms. The molecule has 7 nitrogen and oxygen atoms in total. The van der Waals surface area contributed by atoms with E-state index in [0.29, 0.717) is 52.3 Å². The van der Waals surface area contributed by atoms with E-state index in [4.69, 9.17) is 9.47 Å². The van der Waals surface area contributed by atoms with Crippen molar-refractivity contribution in [1.29, 1.82) is 0 Å². The molecule has 1 aliphatic heterocycles. The van der Waals surface area contributed by atoms with Crippen LogP contribution in [-0.2, 0) is 11.2 Å². The Bertz CT molecular complexity index is 834. The molecule has 1 N–H and O–H groups in total. The number of benzene rings is 1. The van der Waals surface area contributed by atoms with Crippen molar-refractivity contribution in [2.75, 3.05) is 31.0 Å². The molecule has 2 heterocycles. The van der Waals surface area contributed by atoms with Crippen molar-refractivity contribution in [2.24, 2.45) is 0 Å². The molecular weight excluding hydrogens is 354 g/mol. The van der Waals surface area contributed by atoms with Gasteiger partial charge in [0, 0.05) is 19.0 Å². The van der Waals surface area contributed by atoms with Gasteiger partial charge in [-0.25, -0.2) is 4.98 Å². The molecular formula is C18H21N3O4S. The number of aryl methyl sites for hydroxylation is 1. The Morgan fingerprint density at radius 2 is 2.15 bits per heavy atom. The second-order valence-corrected chi connectivity index (χ2v) is 6.77. The SMILES string of the molecule is CCc1nc(N2CCCC2=O)sc1C(=O)Nc1cc(OC)ccc1OC. The third-order valence-corrected chi connectivity index (χ3v) is 5.31. The van der Waals surface area contributed by atoms with Crippen molar-refractivity contribution in [1.82, 2.24) is 4.98 Å². The molecule has 0 bridgehead atoms. The molecule has 2 amide bonds. The molecule has 1 saturated heterocycles. The fourth-order valence-electron chi connectivity index (χ4n) is 2.81. The van der Waals surface area contributed by atoms with Crippen molar-refractivity contribution in [3.05, 3.63) is 28.8 Å². The number of thiazole rings is 1. The first-order valence-electron chi connectivity index (χ1n) is 8.40. The van der Waals surface area contributed by atoms with E-state index >= 15 is 0 Å². The summed E-state index contributed by atoms with van der Waals surface area (Å²) in [5.74, 6) is 0.938. The maximum Gasteiger partial charge on any atom is 0.267 e.